The van der Waals surface area contributed by atoms with Crippen molar-refractivity contribution in [2.75, 3.05) is 39.6 Å². The van der Waals surface area contributed by atoms with Crippen LogP contribution in [0.1, 0.15) is 447 Å². The number of carbonyl (C=O) groups is 4. The quantitative estimate of drug-likeness (QED) is 0.0222. The highest BCUT2D eigenvalue weighted by Gasteiger charge is 2.30. The average molecular weight is 1520 g/mol. The number of aliphatic hydroxyl groups is 1. The van der Waals surface area contributed by atoms with E-state index in [2.05, 4.69) is 48.5 Å². The SMILES string of the molecule is CCCCCCCCCC(=O)OC[C@H](COP(=O)(O)OC[C@H](O)COP(=O)(O)OC[C@@H](COC(=O)CCCCCCCCCCCCCCCCCC(C)C)OC(=O)CCCCCCCCCCCCCCCCCCCCC(C)C)OC(=O)CCCCCCCCCCCCCCCCC(C)CC. The molecule has 17 nitrogen and oxygen atoms in total. The third-order valence-corrected chi connectivity index (χ3v) is 22.1. The van der Waals surface area contributed by atoms with Gasteiger partial charge in [-0.15, -0.1) is 0 Å². The molecular weight excluding hydrogens is 1350 g/mol. The van der Waals surface area contributed by atoms with E-state index in [4.69, 9.17) is 37.0 Å². The standard InChI is InChI=1S/C85H166O17P2/c1-8-10-11-12-42-52-59-66-82(87)95-72-80(101-84(89)68-62-55-48-41-35-29-23-22-26-32-38-45-51-58-65-78(7)9-2)74-99-103(91,92)97-70-79(86)71-98-104(93,94)100-75-81(73-96-83(88)67-60-53-46-39-33-27-21-17-19-25-31-37-44-50-57-64-77(5)6)102-85(90)69-61-54-47-40-34-28-20-16-14-13-15-18-24-30-36-43-49-56-63-76(3)4/h76-81,86H,8-75H2,1-7H3,(H,91,92)(H,93,94)/t78?,79-,80+,81+/m0/s1. The second-order valence-corrected chi connectivity index (χ2v) is 34.7. The van der Waals surface area contributed by atoms with E-state index in [0.717, 1.165) is 120 Å². The molecule has 0 amide bonds. The van der Waals surface area contributed by atoms with E-state index >= 15 is 0 Å². The van der Waals surface area contributed by atoms with Crippen LogP contribution < -0.4 is 0 Å². The molecule has 618 valence electrons. The van der Waals surface area contributed by atoms with E-state index in [-0.39, 0.29) is 25.7 Å². The van der Waals surface area contributed by atoms with Crippen molar-refractivity contribution in [1.29, 1.82) is 0 Å². The molecule has 0 aliphatic heterocycles. The molecule has 0 aliphatic rings. The first kappa shape index (κ1) is 102. The Kier molecular flexibility index (Phi) is 73.7. The number of phosphoric acid groups is 2. The molecule has 0 spiro atoms. The Hall–Kier alpha value is -1.94. The minimum absolute atomic E-state index is 0.107. The van der Waals surface area contributed by atoms with Crippen LogP contribution in [0.3, 0.4) is 0 Å². The predicted molar refractivity (Wildman–Crippen MR) is 428 cm³/mol. The van der Waals surface area contributed by atoms with Crippen LogP contribution in [0.15, 0.2) is 0 Å². The molecule has 0 aromatic rings. The van der Waals surface area contributed by atoms with Gasteiger partial charge in [-0.2, -0.15) is 0 Å². The van der Waals surface area contributed by atoms with Gasteiger partial charge in [-0.3, -0.25) is 37.3 Å². The van der Waals surface area contributed by atoms with E-state index in [1.54, 1.807) is 0 Å². The molecule has 104 heavy (non-hydrogen) atoms. The molecule has 0 saturated heterocycles. The molecule has 3 unspecified atom stereocenters. The zero-order valence-electron chi connectivity index (χ0n) is 68.5. The van der Waals surface area contributed by atoms with Gasteiger partial charge in [0.05, 0.1) is 26.4 Å². The minimum atomic E-state index is -4.96. The Bertz CT molecular complexity index is 2010. The van der Waals surface area contributed by atoms with Crippen LogP contribution in [0.4, 0.5) is 0 Å². The van der Waals surface area contributed by atoms with Crippen LogP contribution in [0.25, 0.3) is 0 Å². The Morgan fingerprint density at radius 2 is 0.490 bits per heavy atom. The molecule has 0 fully saturated rings. The van der Waals surface area contributed by atoms with E-state index in [1.165, 1.54) is 244 Å². The normalized spacial score (nSPS) is 14.2. The lowest BCUT2D eigenvalue weighted by Gasteiger charge is -2.21. The van der Waals surface area contributed by atoms with Gasteiger partial charge in [0.1, 0.15) is 19.3 Å². The monoisotopic (exact) mass is 1520 g/mol. The van der Waals surface area contributed by atoms with E-state index in [9.17, 15) is 43.2 Å². The number of aliphatic hydroxyl groups excluding tert-OH is 1. The second kappa shape index (κ2) is 75.1. The van der Waals surface area contributed by atoms with Crippen LogP contribution >= 0.6 is 15.6 Å². The average Bonchev–Trinajstić information content (AvgIpc) is 0.917. The number of carbonyl (C=O) groups excluding carboxylic acids is 4. The van der Waals surface area contributed by atoms with Gasteiger partial charge in [-0.25, -0.2) is 9.13 Å². The maximum atomic E-state index is 13.1. The number of ether oxygens (including phenoxy) is 4. The molecule has 0 heterocycles. The summed E-state index contributed by atoms with van der Waals surface area (Å²) in [5, 5.41) is 10.7. The van der Waals surface area contributed by atoms with Crippen molar-refractivity contribution in [3.63, 3.8) is 0 Å². The summed E-state index contributed by atoms with van der Waals surface area (Å²) in [7, 11) is -9.92. The van der Waals surface area contributed by atoms with Crippen molar-refractivity contribution >= 4 is 39.5 Å². The lowest BCUT2D eigenvalue weighted by molar-refractivity contribution is -0.161. The summed E-state index contributed by atoms with van der Waals surface area (Å²) in [4.78, 5) is 73.0. The van der Waals surface area contributed by atoms with E-state index in [0.29, 0.717) is 25.7 Å². The molecule has 0 radical (unpaired) electrons. The molecule has 0 rings (SSSR count). The fourth-order valence-corrected chi connectivity index (χ4v) is 14.7. The highest BCUT2D eigenvalue weighted by Crippen LogP contribution is 2.45. The maximum absolute atomic E-state index is 13.1. The molecule has 3 N–H and O–H groups in total. The van der Waals surface area contributed by atoms with E-state index < -0.39 is 97.5 Å². The predicted octanol–water partition coefficient (Wildman–Crippen LogP) is 25.7. The number of phosphoric ester groups is 2. The number of hydrogen-bond acceptors (Lipinski definition) is 15. The van der Waals surface area contributed by atoms with Gasteiger partial charge < -0.3 is 33.8 Å². The van der Waals surface area contributed by atoms with Gasteiger partial charge in [0.25, 0.3) is 0 Å². The summed E-state index contributed by atoms with van der Waals surface area (Å²) < 4.78 is 68.7. The topological polar surface area (TPSA) is 237 Å². The third-order valence-electron chi connectivity index (χ3n) is 20.2. The number of hydrogen-bond donors (Lipinski definition) is 3. The van der Waals surface area contributed by atoms with Gasteiger partial charge in [-0.1, -0.05) is 395 Å². The third kappa shape index (κ3) is 76.8. The van der Waals surface area contributed by atoms with Crippen LogP contribution in [0, 0.1) is 17.8 Å². The Morgan fingerprint density at radius 3 is 0.731 bits per heavy atom. The summed E-state index contributed by atoms with van der Waals surface area (Å²) in [5.74, 6) is 0.363. The Morgan fingerprint density at radius 1 is 0.279 bits per heavy atom. The van der Waals surface area contributed by atoms with Crippen LogP contribution in [0.2, 0.25) is 0 Å². The molecule has 0 bridgehead atoms. The van der Waals surface area contributed by atoms with Gasteiger partial charge in [0.15, 0.2) is 12.2 Å². The smallest absolute Gasteiger partial charge is 0.462 e. The summed E-state index contributed by atoms with van der Waals surface area (Å²) in [6.07, 6.45) is 65.4. The summed E-state index contributed by atoms with van der Waals surface area (Å²) in [6, 6.07) is 0. The number of esters is 4. The van der Waals surface area contributed by atoms with Crippen molar-refractivity contribution in [2.45, 2.75) is 465 Å². The maximum Gasteiger partial charge on any atom is 0.472 e. The highest BCUT2D eigenvalue weighted by atomic mass is 31.2. The molecule has 0 aliphatic carbocycles. The zero-order valence-corrected chi connectivity index (χ0v) is 70.3. The van der Waals surface area contributed by atoms with Crippen molar-refractivity contribution in [1.82, 2.24) is 0 Å². The number of rotatable bonds is 83. The van der Waals surface area contributed by atoms with Crippen molar-refractivity contribution < 1.29 is 80.2 Å². The van der Waals surface area contributed by atoms with Crippen LogP contribution in [-0.2, 0) is 65.4 Å². The van der Waals surface area contributed by atoms with Crippen molar-refractivity contribution in [2.24, 2.45) is 17.8 Å². The number of unbranched alkanes of at least 4 members (excludes halogenated alkanes) is 50. The Balaban J connectivity index is 5.17. The first-order valence-electron chi connectivity index (χ1n) is 43.9. The van der Waals surface area contributed by atoms with Gasteiger partial charge in [0, 0.05) is 25.7 Å². The fraction of sp³-hybridized carbons (Fsp3) is 0.953. The summed E-state index contributed by atoms with van der Waals surface area (Å²) >= 11 is 0. The van der Waals surface area contributed by atoms with Gasteiger partial charge in [-0.05, 0) is 43.4 Å². The molecule has 6 atom stereocenters. The van der Waals surface area contributed by atoms with E-state index in [1.807, 2.05) is 0 Å². The minimum Gasteiger partial charge on any atom is -0.462 e. The summed E-state index contributed by atoms with van der Waals surface area (Å²) in [5.41, 5.74) is 0. The first-order chi connectivity index (χ1) is 50.3. The molecule has 0 aromatic carbocycles. The Labute approximate surface area is 638 Å². The first-order valence-corrected chi connectivity index (χ1v) is 46.9. The van der Waals surface area contributed by atoms with Crippen LogP contribution in [0.5, 0.6) is 0 Å². The molecule has 0 saturated carbocycles. The molecular formula is C85H166O17P2. The highest BCUT2D eigenvalue weighted by molar-refractivity contribution is 7.47. The summed E-state index contributed by atoms with van der Waals surface area (Å²) in [6.45, 7) is 12.0. The lowest BCUT2D eigenvalue weighted by atomic mass is 9.99. The largest absolute Gasteiger partial charge is 0.472 e. The fourth-order valence-electron chi connectivity index (χ4n) is 13.2. The molecule has 0 aromatic heterocycles. The van der Waals surface area contributed by atoms with Gasteiger partial charge in [0.2, 0.25) is 0 Å². The van der Waals surface area contributed by atoms with Crippen LogP contribution in [-0.4, -0.2) is 96.7 Å². The second-order valence-electron chi connectivity index (χ2n) is 31.8. The van der Waals surface area contributed by atoms with Crippen molar-refractivity contribution in [3.05, 3.63) is 0 Å². The zero-order chi connectivity index (χ0) is 76.5. The van der Waals surface area contributed by atoms with Crippen molar-refractivity contribution in [3.8, 4) is 0 Å². The van der Waals surface area contributed by atoms with Gasteiger partial charge >= 0.3 is 39.5 Å². The lowest BCUT2D eigenvalue weighted by Crippen LogP contribution is -2.30. The molecule has 19 heteroatoms.